The molecule has 1 aromatic carbocycles. The van der Waals surface area contributed by atoms with Gasteiger partial charge in [-0.1, -0.05) is 22.9 Å². The maximum atomic E-state index is 12.0. The highest BCUT2D eigenvalue weighted by atomic mass is 79.9. The Morgan fingerprint density at radius 1 is 1.50 bits per heavy atom. The molecule has 20 heavy (non-hydrogen) atoms. The standard InChI is InChI=1S/C16H18BrNO2/c1-3-12(16(19)20-2)14-9-18-6-4-5-10-7-11(17)8-13(14)15(10)18/h7-9,12H,3-6H2,1-2H3. The molecule has 0 bridgehead atoms. The first kappa shape index (κ1) is 13.7. The summed E-state index contributed by atoms with van der Waals surface area (Å²) < 4.78 is 8.34. The average molecular weight is 336 g/mol. The van der Waals surface area contributed by atoms with Crippen molar-refractivity contribution >= 4 is 32.8 Å². The summed E-state index contributed by atoms with van der Waals surface area (Å²) in [5, 5.41) is 1.19. The minimum atomic E-state index is -0.177. The number of carbonyl (C=O) groups is 1. The fourth-order valence-corrected chi connectivity index (χ4v) is 3.76. The van der Waals surface area contributed by atoms with Crippen LogP contribution in [0, 0.1) is 0 Å². The molecule has 1 atom stereocenters. The van der Waals surface area contributed by atoms with Gasteiger partial charge in [-0.3, -0.25) is 4.79 Å². The number of ether oxygens (including phenoxy) is 1. The van der Waals surface area contributed by atoms with Crippen LogP contribution in [0.2, 0.25) is 0 Å². The lowest BCUT2D eigenvalue weighted by Crippen LogP contribution is -2.13. The second-order valence-corrected chi connectivity index (χ2v) is 6.24. The van der Waals surface area contributed by atoms with E-state index in [-0.39, 0.29) is 11.9 Å². The van der Waals surface area contributed by atoms with Crippen LogP contribution in [0.1, 0.15) is 36.8 Å². The van der Waals surface area contributed by atoms with Crippen molar-refractivity contribution in [3.05, 3.63) is 33.9 Å². The number of hydrogen-bond acceptors (Lipinski definition) is 2. The summed E-state index contributed by atoms with van der Waals surface area (Å²) in [5.41, 5.74) is 3.75. The molecule has 4 heteroatoms. The highest BCUT2D eigenvalue weighted by Crippen LogP contribution is 2.37. The Balaban J connectivity index is 2.24. The summed E-state index contributed by atoms with van der Waals surface area (Å²) in [6.07, 6.45) is 5.16. The molecule has 0 radical (unpaired) electrons. The van der Waals surface area contributed by atoms with Crippen LogP contribution in [0.25, 0.3) is 10.9 Å². The maximum Gasteiger partial charge on any atom is 0.313 e. The minimum Gasteiger partial charge on any atom is -0.469 e. The van der Waals surface area contributed by atoms with E-state index in [2.05, 4.69) is 38.8 Å². The van der Waals surface area contributed by atoms with Gasteiger partial charge in [-0.05, 0) is 42.5 Å². The molecular formula is C16H18BrNO2. The second-order valence-electron chi connectivity index (χ2n) is 5.33. The summed E-state index contributed by atoms with van der Waals surface area (Å²) in [7, 11) is 1.46. The van der Waals surface area contributed by atoms with Gasteiger partial charge in [-0.15, -0.1) is 0 Å². The molecular weight excluding hydrogens is 318 g/mol. The third-order valence-corrected chi connectivity index (χ3v) is 4.62. The van der Waals surface area contributed by atoms with Crippen LogP contribution in [0.15, 0.2) is 22.8 Å². The second kappa shape index (κ2) is 5.24. The number of benzene rings is 1. The van der Waals surface area contributed by atoms with Crippen molar-refractivity contribution in [2.24, 2.45) is 0 Å². The monoisotopic (exact) mass is 335 g/mol. The molecule has 2 aromatic rings. The van der Waals surface area contributed by atoms with Crippen molar-refractivity contribution in [3.63, 3.8) is 0 Å². The summed E-state index contributed by atoms with van der Waals surface area (Å²) >= 11 is 3.59. The number of halogens is 1. The van der Waals surface area contributed by atoms with Crippen LogP contribution >= 0.6 is 15.9 Å². The van der Waals surface area contributed by atoms with Crippen LogP contribution in [0.3, 0.4) is 0 Å². The van der Waals surface area contributed by atoms with Crippen LogP contribution in [0.4, 0.5) is 0 Å². The van der Waals surface area contributed by atoms with Gasteiger partial charge in [0, 0.05) is 22.6 Å². The van der Waals surface area contributed by atoms with E-state index in [4.69, 9.17) is 4.74 Å². The molecule has 0 N–H and O–H groups in total. The highest BCUT2D eigenvalue weighted by molar-refractivity contribution is 9.10. The number of rotatable bonds is 3. The zero-order valence-electron chi connectivity index (χ0n) is 11.8. The van der Waals surface area contributed by atoms with Gasteiger partial charge in [0.25, 0.3) is 0 Å². The molecule has 0 aliphatic carbocycles. The fraction of sp³-hybridized carbons (Fsp3) is 0.438. The topological polar surface area (TPSA) is 31.2 Å². The quantitative estimate of drug-likeness (QED) is 0.793. The lowest BCUT2D eigenvalue weighted by Gasteiger charge is -2.15. The number of hydrogen-bond donors (Lipinski definition) is 0. The van der Waals surface area contributed by atoms with E-state index in [0.29, 0.717) is 0 Å². The van der Waals surface area contributed by atoms with Gasteiger partial charge < -0.3 is 9.30 Å². The summed E-state index contributed by atoms with van der Waals surface area (Å²) in [4.78, 5) is 12.0. The van der Waals surface area contributed by atoms with E-state index in [0.717, 1.165) is 35.8 Å². The zero-order valence-corrected chi connectivity index (χ0v) is 13.4. The first-order valence-corrected chi connectivity index (χ1v) is 7.84. The number of nitrogens with zero attached hydrogens (tertiary/aromatic N) is 1. The SMILES string of the molecule is CCC(C(=O)OC)c1cn2c3c(cc(Br)cc13)CCC2. The normalized spacial score (nSPS) is 15.3. The Morgan fingerprint density at radius 2 is 2.30 bits per heavy atom. The van der Waals surface area contributed by atoms with E-state index in [1.54, 1.807) is 0 Å². The van der Waals surface area contributed by atoms with E-state index >= 15 is 0 Å². The largest absolute Gasteiger partial charge is 0.469 e. The predicted molar refractivity (Wildman–Crippen MR) is 83.0 cm³/mol. The molecule has 1 aliphatic heterocycles. The lowest BCUT2D eigenvalue weighted by atomic mass is 9.94. The molecule has 1 aromatic heterocycles. The Kier molecular flexibility index (Phi) is 3.59. The third kappa shape index (κ3) is 2.06. The number of carbonyl (C=O) groups excluding carboxylic acids is 1. The van der Waals surface area contributed by atoms with Crippen molar-refractivity contribution < 1.29 is 9.53 Å². The molecule has 0 saturated heterocycles. The fourth-order valence-electron chi connectivity index (χ4n) is 3.26. The number of esters is 1. The smallest absolute Gasteiger partial charge is 0.313 e. The van der Waals surface area contributed by atoms with E-state index in [1.165, 1.54) is 23.6 Å². The molecule has 106 valence electrons. The van der Waals surface area contributed by atoms with Crippen molar-refractivity contribution in [2.45, 2.75) is 38.6 Å². The Labute approximate surface area is 127 Å². The van der Waals surface area contributed by atoms with Gasteiger partial charge >= 0.3 is 5.97 Å². The van der Waals surface area contributed by atoms with Crippen LogP contribution in [-0.4, -0.2) is 17.6 Å². The van der Waals surface area contributed by atoms with Gasteiger partial charge in [0.05, 0.1) is 18.5 Å². The molecule has 1 aliphatic rings. The molecule has 2 heterocycles. The molecule has 0 spiro atoms. The number of aryl methyl sites for hydroxylation is 2. The number of methoxy groups -OCH3 is 1. The van der Waals surface area contributed by atoms with Gasteiger partial charge in [-0.25, -0.2) is 0 Å². The minimum absolute atomic E-state index is 0.146. The van der Waals surface area contributed by atoms with Crippen molar-refractivity contribution in [1.29, 1.82) is 0 Å². The number of aromatic nitrogens is 1. The van der Waals surface area contributed by atoms with E-state index in [1.807, 2.05) is 6.92 Å². The van der Waals surface area contributed by atoms with Gasteiger partial charge in [-0.2, -0.15) is 0 Å². The molecule has 1 unspecified atom stereocenters. The molecule has 3 nitrogen and oxygen atoms in total. The molecule has 3 rings (SSSR count). The Morgan fingerprint density at radius 3 is 3.00 bits per heavy atom. The van der Waals surface area contributed by atoms with Crippen molar-refractivity contribution in [3.8, 4) is 0 Å². The third-order valence-electron chi connectivity index (χ3n) is 4.16. The van der Waals surface area contributed by atoms with Crippen LogP contribution in [-0.2, 0) is 22.5 Å². The Bertz CT molecular complexity index is 675. The van der Waals surface area contributed by atoms with Gasteiger partial charge in [0.15, 0.2) is 0 Å². The summed E-state index contributed by atoms with van der Waals surface area (Å²) in [6.45, 7) is 3.06. The van der Waals surface area contributed by atoms with Crippen LogP contribution < -0.4 is 0 Å². The first-order valence-electron chi connectivity index (χ1n) is 7.04. The summed E-state index contributed by atoms with van der Waals surface area (Å²) in [5.74, 6) is -0.323. The molecule has 0 fully saturated rings. The molecule has 0 saturated carbocycles. The van der Waals surface area contributed by atoms with Crippen molar-refractivity contribution in [2.75, 3.05) is 7.11 Å². The average Bonchev–Trinajstić information content (AvgIpc) is 2.80. The highest BCUT2D eigenvalue weighted by Gasteiger charge is 2.26. The molecule has 0 amide bonds. The van der Waals surface area contributed by atoms with E-state index < -0.39 is 0 Å². The summed E-state index contributed by atoms with van der Waals surface area (Å²) in [6, 6.07) is 4.32. The van der Waals surface area contributed by atoms with Crippen LogP contribution in [0.5, 0.6) is 0 Å². The Hall–Kier alpha value is -1.29. The van der Waals surface area contributed by atoms with Gasteiger partial charge in [0.1, 0.15) is 0 Å². The predicted octanol–water partition coefficient (Wildman–Crippen LogP) is 4.02. The van der Waals surface area contributed by atoms with Crippen molar-refractivity contribution in [1.82, 2.24) is 4.57 Å². The zero-order chi connectivity index (χ0) is 14.3. The first-order chi connectivity index (χ1) is 9.65. The lowest BCUT2D eigenvalue weighted by molar-refractivity contribution is -0.142. The maximum absolute atomic E-state index is 12.0. The van der Waals surface area contributed by atoms with E-state index in [9.17, 15) is 4.79 Å². The van der Waals surface area contributed by atoms with Gasteiger partial charge in [0.2, 0.25) is 0 Å².